The summed E-state index contributed by atoms with van der Waals surface area (Å²) in [5.41, 5.74) is 5.17. The second kappa shape index (κ2) is 7.04. The average molecular weight is 293 g/mol. The van der Waals surface area contributed by atoms with Gasteiger partial charge in [0.25, 0.3) is 11.6 Å². The highest BCUT2D eigenvalue weighted by Gasteiger charge is 2.21. The molecule has 1 rings (SSSR count). The Balaban J connectivity index is 2.84. The fraction of sp³-hybridized carbons (Fsp3) is 0.231. The van der Waals surface area contributed by atoms with Crippen LogP contribution in [0.25, 0.3) is 0 Å². The van der Waals surface area contributed by atoms with E-state index in [1.165, 1.54) is 25.1 Å². The van der Waals surface area contributed by atoms with Gasteiger partial charge in [-0.2, -0.15) is 0 Å². The van der Waals surface area contributed by atoms with E-state index in [0.29, 0.717) is 0 Å². The van der Waals surface area contributed by atoms with Crippen molar-refractivity contribution in [2.75, 3.05) is 12.3 Å². The van der Waals surface area contributed by atoms with Gasteiger partial charge in [0.2, 0.25) is 0 Å². The van der Waals surface area contributed by atoms with Gasteiger partial charge in [-0.25, -0.2) is 4.79 Å². The minimum absolute atomic E-state index is 0.0318. The van der Waals surface area contributed by atoms with E-state index < -0.39 is 22.9 Å². The molecule has 1 aromatic rings. The van der Waals surface area contributed by atoms with Crippen molar-refractivity contribution >= 4 is 23.3 Å². The maximum Gasteiger partial charge on any atom is 0.341 e. The zero-order valence-corrected chi connectivity index (χ0v) is 11.4. The first-order chi connectivity index (χ1) is 9.86. The first-order valence-electron chi connectivity index (χ1n) is 6.00. The van der Waals surface area contributed by atoms with Crippen LogP contribution in [0.2, 0.25) is 0 Å². The molecule has 0 aliphatic heterocycles. The molecule has 1 aromatic carbocycles. The molecule has 0 radical (unpaired) electrons. The maximum atomic E-state index is 11.9. The molecule has 3 N–H and O–H groups in total. The van der Waals surface area contributed by atoms with E-state index in [9.17, 15) is 19.7 Å². The van der Waals surface area contributed by atoms with Gasteiger partial charge in [0.05, 0.1) is 10.5 Å². The molecule has 8 heteroatoms. The molecule has 1 amide bonds. The number of nitrogen functional groups attached to an aromatic ring is 1. The highest BCUT2D eigenvalue weighted by Crippen LogP contribution is 2.20. The number of rotatable bonds is 6. The topological polar surface area (TPSA) is 125 Å². The highest BCUT2D eigenvalue weighted by atomic mass is 16.6. The second-order valence-electron chi connectivity index (χ2n) is 4.11. The fourth-order valence-electron chi connectivity index (χ4n) is 1.43. The van der Waals surface area contributed by atoms with Crippen LogP contribution in [-0.2, 0) is 9.53 Å². The molecule has 0 saturated carbocycles. The predicted molar refractivity (Wildman–Crippen MR) is 75.6 cm³/mol. The maximum absolute atomic E-state index is 11.9. The van der Waals surface area contributed by atoms with E-state index in [2.05, 4.69) is 11.9 Å². The largest absolute Gasteiger partial charge is 0.449 e. The SMILES string of the molecule is C=CCNC(=O)[C@@H](C)OC(=O)c1cc([N+](=O)[O-])ccc1N. The van der Waals surface area contributed by atoms with E-state index in [-0.39, 0.29) is 23.5 Å². The molecule has 0 saturated heterocycles. The van der Waals surface area contributed by atoms with Crippen molar-refractivity contribution in [3.05, 3.63) is 46.5 Å². The van der Waals surface area contributed by atoms with Crippen LogP contribution < -0.4 is 11.1 Å². The van der Waals surface area contributed by atoms with Crippen molar-refractivity contribution in [1.29, 1.82) is 0 Å². The van der Waals surface area contributed by atoms with Crippen molar-refractivity contribution < 1.29 is 19.2 Å². The predicted octanol–water partition coefficient (Wildman–Crippen LogP) is 1.02. The van der Waals surface area contributed by atoms with E-state index >= 15 is 0 Å². The molecule has 1 atom stereocenters. The van der Waals surface area contributed by atoms with Crippen LogP contribution >= 0.6 is 0 Å². The van der Waals surface area contributed by atoms with E-state index in [0.717, 1.165) is 6.07 Å². The molecule has 0 bridgehead atoms. The number of hydrogen-bond donors (Lipinski definition) is 2. The average Bonchev–Trinajstić information content (AvgIpc) is 2.44. The number of nitrogens with two attached hydrogens (primary N) is 1. The summed E-state index contributed by atoms with van der Waals surface area (Å²) in [4.78, 5) is 33.5. The summed E-state index contributed by atoms with van der Waals surface area (Å²) in [5.74, 6) is -1.41. The fourth-order valence-corrected chi connectivity index (χ4v) is 1.43. The Labute approximate surface area is 120 Å². The highest BCUT2D eigenvalue weighted by molar-refractivity contribution is 5.97. The van der Waals surface area contributed by atoms with Crippen molar-refractivity contribution in [1.82, 2.24) is 5.32 Å². The van der Waals surface area contributed by atoms with Gasteiger partial charge in [0.1, 0.15) is 0 Å². The van der Waals surface area contributed by atoms with Crippen LogP contribution in [0.4, 0.5) is 11.4 Å². The summed E-state index contributed by atoms with van der Waals surface area (Å²) < 4.78 is 4.92. The Morgan fingerprint density at radius 3 is 2.81 bits per heavy atom. The number of ether oxygens (including phenoxy) is 1. The Morgan fingerprint density at radius 1 is 1.57 bits per heavy atom. The molecular formula is C13H15N3O5. The quantitative estimate of drug-likeness (QED) is 0.265. The Morgan fingerprint density at radius 2 is 2.24 bits per heavy atom. The number of esters is 1. The molecule has 21 heavy (non-hydrogen) atoms. The zero-order valence-electron chi connectivity index (χ0n) is 11.4. The second-order valence-corrected chi connectivity index (χ2v) is 4.11. The number of amides is 1. The molecule has 0 aromatic heterocycles. The zero-order chi connectivity index (χ0) is 16.0. The standard InChI is InChI=1S/C13H15N3O5/c1-3-6-15-12(17)8(2)21-13(18)10-7-9(16(19)20)4-5-11(10)14/h3-5,7-8H,1,6,14H2,2H3,(H,15,17)/t8-/m1/s1. The van der Waals surface area contributed by atoms with E-state index in [1.807, 2.05) is 0 Å². The Hall–Kier alpha value is -2.90. The van der Waals surface area contributed by atoms with Gasteiger partial charge in [0.15, 0.2) is 6.10 Å². The third kappa shape index (κ3) is 4.30. The van der Waals surface area contributed by atoms with Crippen LogP contribution in [0, 0.1) is 10.1 Å². The Kier molecular flexibility index (Phi) is 5.41. The summed E-state index contributed by atoms with van der Waals surface area (Å²) in [6.07, 6.45) is 0.418. The molecule has 0 aliphatic rings. The smallest absolute Gasteiger partial charge is 0.341 e. The molecule has 0 spiro atoms. The summed E-state index contributed by atoms with van der Waals surface area (Å²) in [7, 11) is 0. The molecule has 8 nitrogen and oxygen atoms in total. The first kappa shape index (κ1) is 16.2. The number of nitrogens with one attached hydrogen (secondary N) is 1. The third-order valence-electron chi connectivity index (χ3n) is 2.54. The Bertz CT molecular complexity index is 585. The molecule has 112 valence electrons. The summed E-state index contributed by atoms with van der Waals surface area (Å²) in [5, 5.41) is 13.1. The number of hydrogen-bond acceptors (Lipinski definition) is 6. The van der Waals surface area contributed by atoms with Gasteiger partial charge >= 0.3 is 5.97 Å². The summed E-state index contributed by atoms with van der Waals surface area (Å²) in [6, 6.07) is 3.41. The number of carbonyl (C=O) groups is 2. The number of benzene rings is 1. The number of nitro groups is 1. The van der Waals surface area contributed by atoms with Crippen LogP contribution in [0.5, 0.6) is 0 Å². The van der Waals surface area contributed by atoms with Gasteiger partial charge in [-0.3, -0.25) is 14.9 Å². The lowest BCUT2D eigenvalue weighted by molar-refractivity contribution is -0.384. The lowest BCUT2D eigenvalue weighted by Gasteiger charge is -2.13. The third-order valence-corrected chi connectivity index (χ3v) is 2.54. The van der Waals surface area contributed by atoms with Gasteiger partial charge in [-0.15, -0.1) is 6.58 Å². The van der Waals surface area contributed by atoms with E-state index in [4.69, 9.17) is 10.5 Å². The van der Waals surface area contributed by atoms with Crippen molar-refractivity contribution in [2.24, 2.45) is 0 Å². The monoisotopic (exact) mass is 293 g/mol. The molecule has 0 fully saturated rings. The van der Waals surface area contributed by atoms with E-state index in [1.54, 1.807) is 0 Å². The van der Waals surface area contributed by atoms with Gasteiger partial charge in [-0.1, -0.05) is 6.08 Å². The van der Waals surface area contributed by atoms with Gasteiger partial charge < -0.3 is 15.8 Å². The first-order valence-corrected chi connectivity index (χ1v) is 6.00. The number of nitro benzene ring substituents is 1. The summed E-state index contributed by atoms with van der Waals surface area (Å²) >= 11 is 0. The normalized spacial score (nSPS) is 11.3. The molecule has 0 aliphatic carbocycles. The van der Waals surface area contributed by atoms with Gasteiger partial charge in [-0.05, 0) is 13.0 Å². The lowest BCUT2D eigenvalue weighted by Crippen LogP contribution is -2.35. The number of non-ortho nitro benzene ring substituents is 1. The number of anilines is 1. The molecule has 0 unspecified atom stereocenters. The molecular weight excluding hydrogens is 278 g/mol. The lowest BCUT2D eigenvalue weighted by atomic mass is 10.1. The van der Waals surface area contributed by atoms with Crippen molar-refractivity contribution in [3.63, 3.8) is 0 Å². The minimum Gasteiger partial charge on any atom is -0.449 e. The number of nitrogens with zero attached hydrogens (tertiary/aromatic N) is 1. The minimum atomic E-state index is -1.06. The van der Waals surface area contributed by atoms with Gasteiger partial charge in [0, 0.05) is 24.4 Å². The number of carbonyl (C=O) groups excluding carboxylic acids is 2. The molecule has 0 heterocycles. The van der Waals surface area contributed by atoms with Crippen molar-refractivity contribution in [3.8, 4) is 0 Å². The summed E-state index contributed by atoms with van der Waals surface area (Å²) in [6.45, 7) is 5.05. The van der Waals surface area contributed by atoms with Crippen LogP contribution in [0.1, 0.15) is 17.3 Å². The van der Waals surface area contributed by atoms with Crippen LogP contribution in [-0.4, -0.2) is 29.4 Å². The van der Waals surface area contributed by atoms with Crippen LogP contribution in [0.3, 0.4) is 0 Å². The van der Waals surface area contributed by atoms with Crippen molar-refractivity contribution in [2.45, 2.75) is 13.0 Å². The van der Waals surface area contributed by atoms with Crippen LogP contribution in [0.15, 0.2) is 30.9 Å².